The third-order valence-electron chi connectivity index (χ3n) is 3.91. The zero-order valence-electron chi connectivity index (χ0n) is 11.9. The normalized spacial score (nSPS) is 17.5. The van der Waals surface area contributed by atoms with E-state index in [0.29, 0.717) is 12.4 Å². The maximum Gasteiger partial charge on any atom is 0.287 e. The molecule has 1 fully saturated rings. The van der Waals surface area contributed by atoms with Gasteiger partial charge in [0.05, 0.1) is 10.5 Å². The van der Waals surface area contributed by atoms with Crippen molar-refractivity contribution in [2.24, 2.45) is 5.73 Å². The number of hydrogen-bond donors (Lipinski definition) is 1. The highest BCUT2D eigenvalue weighted by atomic mass is 16.6. The SMILES string of the molecule is N#Cc1cc(OCC2(N)CCCCCC2)ccc1[N+](=O)[O-]. The Morgan fingerprint density at radius 1 is 1.33 bits per heavy atom. The summed E-state index contributed by atoms with van der Waals surface area (Å²) in [6, 6.07) is 6.03. The average molecular weight is 289 g/mol. The summed E-state index contributed by atoms with van der Waals surface area (Å²) in [7, 11) is 0. The van der Waals surface area contributed by atoms with Gasteiger partial charge in [-0.15, -0.1) is 0 Å². The largest absolute Gasteiger partial charge is 0.492 e. The maximum atomic E-state index is 10.8. The van der Waals surface area contributed by atoms with E-state index in [9.17, 15) is 10.1 Å². The van der Waals surface area contributed by atoms with Crippen LogP contribution in [0.1, 0.15) is 44.1 Å². The molecule has 2 rings (SSSR count). The van der Waals surface area contributed by atoms with Crippen molar-refractivity contribution in [2.45, 2.75) is 44.1 Å². The molecular weight excluding hydrogens is 270 g/mol. The van der Waals surface area contributed by atoms with Crippen LogP contribution >= 0.6 is 0 Å². The zero-order valence-corrected chi connectivity index (χ0v) is 11.9. The molecule has 0 unspecified atom stereocenters. The van der Waals surface area contributed by atoms with Crippen LogP contribution in [0.25, 0.3) is 0 Å². The molecule has 0 aliphatic heterocycles. The standard InChI is InChI=1S/C15H19N3O3/c16-10-12-9-13(5-6-14(12)18(19)20)21-11-15(17)7-3-1-2-4-8-15/h5-6,9H,1-4,7-8,11,17H2. The Hall–Kier alpha value is -2.13. The Labute approximate surface area is 123 Å². The fraction of sp³-hybridized carbons (Fsp3) is 0.533. The summed E-state index contributed by atoms with van der Waals surface area (Å²) in [5.41, 5.74) is 5.81. The molecule has 1 saturated carbocycles. The van der Waals surface area contributed by atoms with Crippen LogP contribution in [0.2, 0.25) is 0 Å². The molecule has 1 aliphatic carbocycles. The summed E-state index contributed by atoms with van der Waals surface area (Å²) in [6.45, 7) is 0.371. The van der Waals surface area contributed by atoms with Crippen molar-refractivity contribution < 1.29 is 9.66 Å². The van der Waals surface area contributed by atoms with Gasteiger partial charge in [-0.2, -0.15) is 5.26 Å². The lowest BCUT2D eigenvalue weighted by Crippen LogP contribution is -2.45. The topological polar surface area (TPSA) is 102 Å². The second-order valence-corrected chi connectivity index (χ2v) is 5.61. The van der Waals surface area contributed by atoms with Crippen LogP contribution in [-0.4, -0.2) is 17.1 Å². The van der Waals surface area contributed by atoms with Crippen LogP contribution in [-0.2, 0) is 0 Å². The van der Waals surface area contributed by atoms with Crippen molar-refractivity contribution in [1.82, 2.24) is 0 Å². The molecular formula is C15H19N3O3. The number of nitro benzene ring substituents is 1. The third kappa shape index (κ3) is 3.92. The van der Waals surface area contributed by atoms with Crippen LogP contribution in [0, 0.1) is 21.4 Å². The van der Waals surface area contributed by atoms with Gasteiger partial charge in [-0.1, -0.05) is 25.7 Å². The first-order chi connectivity index (χ1) is 10.0. The lowest BCUT2D eigenvalue weighted by Gasteiger charge is -2.27. The summed E-state index contributed by atoms with van der Waals surface area (Å²) in [5, 5.41) is 19.7. The van der Waals surface area contributed by atoms with E-state index in [4.69, 9.17) is 15.7 Å². The fourth-order valence-corrected chi connectivity index (χ4v) is 2.66. The Bertz CT molecular complexity index is 558. The second-order valence-electron chi connectivity index (χ2n) is 5.61. The molecule has 1 aliphatic rings. The van der Waals surface area contributed by atoms with Gasteiger partial charge in [-0.3, -0.25) is 10.1 Å². The lowest BCUT2D eigenvalue weighted by molar-refractivity contribution is -0.385. The quantitative estimate of drug-likeness (QED) is 0.521. The predicted molar refractivity (Wildman–Crippen MR) is 77.9 cm³/mol. The van der Waals surface area contributed by atoms with Crippen LogP contribution < -0.4 is 10.5 Å². The second kappa shape index (κ2) is 6.55. The van der Waals surface area contributed by atoms with Crippen molar-refractivity contribution in [2.75, 3.05) is 6.61 Å². The van der Waals surface area contributed by atoms with Gasteiger partial charge >= 0.3 is 0 Å². The number of nitrogens with zero attached hydrogens (tertiary/aromatic N) is 2. The number of rotatable bonds is 4. The van der Waals surface area contributed by atoms with Crippen molar-refractivity contribution in [3.63, 3.8) is 0 Å². The van der Waals surface area contributed by atoms with Gasteiger partial charge in [0, 0.05) is 12.1 Å². The molecule has 1 aromatic carbocycles. The predicted octanol–water partition coefficient (Wildman–Crippen LogP) is 2.90. The molecule has 6 heteroatoms. The van der Waals surface area contributed by atoms with E-state index in [1.54, 1.807) is 0 Å². The van der Waals surface area contributed by atoms with Gasteiger partial charge in [-0.05, 0) is 18.9 Å². The number of nitrogens with two attached hydrogens (primary N) is 1. The monoisotopic (exact) mass is 289 g/mol. The van der Waals surface area contributed by atoms with E-state index >= 15 is 0 Å². The summed E-state index contributed by atoms with van der Waals surface area (Å²) in [6.07, 6.45) is 6.45. The van der Waals surface area contributed by atoms with Crippen LogP contribution in [0.15, 0.2) is 18.2 Å². The van der Waals surface area contributed by atoms with Crippen molar-refractivity contribution in [1.29, 1.82) is 5.26 Å². The molecule has 21 heavy (non-hydrogen) atoms. The number of hydrogen-bond acceptors (Lipinski definition) is 5. The minimum atomic E-state index is -0.571. The Balaban J connectivity index is 2.06. The van der Waals surface area contributed by atoms with Gasteiger partial charge < -0.3 is 10.5 Å². The number of ether oxygens (including phenoxy) is 1. The van der Waals surface area contributed by atoms with E-state index in [1.165, 1.54) is 31.0 Å². The van der Waals surface area contributed by atoms with Crippen LogP contribution in [0.5, 0.6) is 5.75 Å². The Morgan fingerprint density at radius 2 is 2.00 bits per heavy atom. The molecule has 0 saturated heterocycles. The number of nitro groups is 1. The summed E-state index contributed by atoms with van der Waals surface area (Å²) in [4.78, 5) is 10.2. The van der Waals surface area contributed by atoms with E-state index < -0.39 is 4.92 Å². The highest BCUT2D eigenvalue weighted by Crippen LogP contribution is 2.27. The number of benzene rings is 1. The summed E-state index contributed by atoms with van der Waals surface area (Å²) in [5.74, 6) is 0.450. The minimum absolute atomic E-state index is 0.00411. The van der Waals surface area contributed by atoms with E-state index in [-0.39, 0.29) is 16.8 Å². The fourth-order valence-electron chi connectivity index (χ4n) is 2.66. The van der Waals surface area contributed by atoms with Crippen LogP contribution in [0.3, 0.4) is 0 Å². The number of nitriles is 1. The summed E-state index contributed by atoms with van der Waals surface area (Å²) >= 11 is 0. The van der Waals surface area contributed by atoms with Gasteiger partial charge in [-0.25, -0.2) is 0 Å². The molecule has 2 N–H and O–H groups in total. The van der Waals surface area contributed by atoms with Crippen molar-refractivity contribution >= 4 is 5.69 Å². The van der Waals surface area contributed by atoms with Crippen LogP contribution in [0.4, 0.5) is 5.69 Å². The highest BCUT2D eigenvalue weighted by molar-refractivity contribution is 5.52. The molecule has 0 bridgehead atoms. The molecule has 0 atom stereocenters. The van der Waals surface area contributed by atoms with E-state index in [2.05, 4.69) is 0 Å². The van der Waals surface area contributed by atoms with Gasteiger partial charge in [0.1, 0.15) is 24.0 Å². The first-order valence-electron chi connectivity index (χ1n) is 7.14. The molecule has 1 aromatic rings. The molecule has 0 radical (unpaired) electrons. The van der Waals surface area contributed by atoms with Crippen molar-refractivity contribution in [3.05, 3.63) is 33.9 Å². The first-order valence-corrected chi connectivity index (χ1v) is 7.14. The lowest BCUT2D eigenvalue weighted by atomic mass is 9.92. The smallest absolute Gasteiger partial charge is 0.287 e. The molecule has 0 amide bonds. The Morgan fingerprint density at radius 3 is 2.57 bits per heavy atom. The van der Waals surface area contributed by atoms with E-state index in [0.717, 1.165) is 25.7 Å². The zero-order chi connectivity index (χ0) is 15.3. The minimum Gasteiger partial charge on any atom is -0.492 e. The molecule has 0 heterocycles. The van der Waals surface area contributed by atoms with Crippen molar-refractivity contribution in [3.8, 4) is 11.8 Å². The van der Waals surface area contributed by atoms with Gasteiger partial charge in [0.2, 0.25) is 0 Å². The Kier molecular flexibility index (Phi) is 4.76. The van der Waals surface area contributed by atoms with Gasteiger partial charge in [0.25, 0.3) is 5.69 Å². The molecule has 0 spiro atoms. The average Bonchev–Trinajstić information content (AvgIpc) is 2.70. The maximum absolute atomic E-state index is 10.8. The third-order valence-corrected chi connectivity index (χ3v) is 3.91. The molecule has 112 valence electrons. The molecule has 6 nitrogen and oxygen atoms in total. The highest BCUT2D eigenvalue weighted by Gasteiger charge is 2.27. The van der Waals surface area contributed by atoms with Gasteiger partial charge in [0.15, 0.2) is 0 Å². The molecule has 0 aromatic heterocycles. The van der Waals surface area contributed by atoms with E-state index in [1.807, 2.05) is 6.07 Å². The summed E-state index contributed by atoms with van der Waals surface area (Å²) < 4.78 is 5.68. The first kappa shape index (κ1) is 15.3.